The number of hydrogen-bond donors (Lipinski definition) is 2. The molecule has 2 fully saturated rings. The van der Waals surface area contributed by atoms with Gasteiger partial charge < -0.3 is 33.7 Å². The number of allylic oxidation sites excluding steroid dienone is 2. The van der Waals surface area contributed by atoms with E-state index in [0.717, 1.165) is 0 Å². The Morgan fingerprint density at radius 3 is 2.26 bits per heavy atom. The molecule has 2 N–H and O–H groups in total. The van der Waals surface area contributed by atoms with Crippen LogP contribution in [0.25, 0.3) is 16.5 Å². The summed E-state index contributed by atoms with van der Waals surface area (Å²) in [7, 11) is 7.40. The summed E-state index contributed by atoms with van der Waals surface area (Å²) in [6.07, 6.45) is -1.46. The lowest BCUT2D eigenvalue weighted by Gasteiger charge is -2.53. The fourth-order valence-electron chi connectivity index (χ4n) is 8.55. The van der Waals surface area contributed by atoms with Gasteiger partial charge in [0.1, 0.15) is 17.6 Å². The second-order valence-electron chi connectivity index (χ2n) is 15.4. The van der Waals surface area contributed by atoms with E-state index in [0.29, 0.717) is 22.3 Å². The molecule has 0 saturated carbocycles. The molecule has 8 unspecified atom stereocenters. The number of hydrogen-bond acceptors (Lipinski definition) is 12. The summed E-state index contributed by atoms with van der Waals surface area (Å²) in [5.41, 5.74) is 0.157. The average molecular weight is 731 g/mol. The van der Waals surface area contributed by atoms with Gasteiger partial charge in [0.15, 0.2) is 16.8 Å². The van der Waals surface area contributed by atoms with Crippen LogP contribution in [0.15, 0.2) is 33.5 Å². The molecule has 12 heteroatoms. The van der Waals surface area contributed by atoms with Gasteiger partial charge in [-0.3, -0.25) is 24.1 Å². The van der Waals surface area contributed by atoms with Crippen molar-refractivity contribution in [3.63, 3.8) is 0 Å². The third-order valence-electron chi connectivity index (χ3n) is 11.9. The minimum absolute atomic E-state index is 0.00933. The van der Waals surface area contributed by atoms with Crippen molar-refractivity contribution in [1.82, 2.24) is 9.80 Å². The first-order valence-corrected chi connectivity index (χ1v) is 18.0. The SMILES string of the molecule is C/C=C(/C)c1cc(=O)c2c(C)cc3c(c2o1)C(=O)c1c(O)c(C2COC(C)C(OC(C)=O)C2(C)N(C)C)cc(C2CC(N(C)C)C(O)C(C)O2)c1C3=O. The highest BCUT2D eigenvalue weighted by Crippen LogP contribution is 2.50. The van der Waals surface area contributed by atoms with Gasteiger partial charge in [-0.2, -0.15) is 0 Å². The van der Waals surface area contributed by atoms with Gasteiger partial charge in [0.25, 0.3) is 0 Å². The number of aromatic hydroxyl groups is 1. The molecule has 53 heavy (non-hydrogen) atoms. The van der Waals surface area contributed by atoms with E-state index >= 15 is 4.79 Å². The molecule has 0 bridgehead atoms. The number of ether oxygens (including phenoxy) is 3. The van der Waals surface area contributed by atoms with E-state index in [-0.39, 0.29) is 63.5 Å². The number of phenolic OH excluding ortho intramolecular Hbond substituents is 1. The summed E-state index contributed by atoms with van der Waals surface area (Å²) in [6, 6.07) is 4.27. The maximum absolute atomic E-state index is 15.1. The lowest BCUT2D eigenvalue weighted by Crippen LogP contribution is -2.64. The minimum atomic E-state index is -0.968. The smallest absolute Gasteiger partial charge is 0.303 e. The number of aliphatic hydroxyl groups excluding tert-OH is 1. The molecule has 3 aliphatic rings. The van der Waals surface area contributed by atoms with Crippen molar-refractivity contribution in [1.29, 1.82) is 0 Å². The molecule has 2 aliphatic heterocycles. The summed E-state index contributed by atoms with van der Waals surface area (Å²) in [5.74, 6) is -2.56. The molecule has 284 valence electrons. The van der Waals surface area contributed by atoms with Crippen LogP contribution in [0.5, 0.6) is 5.75 Å². The van der Waals surface area contributed by atoms with Crippen LogP contribution >= 0.6 is 0 Å². The minimum Gasteiger partial charge on any atom is -0.507 e. The number of carbonyl (C=O) groups excluding carboxylic acids is 3. The standard InChI is InChI=1S/C41H50N2O10/c1-12-18(2)29-16-28(45)31-19(3)13-25-33(39(31)53-29)38(49)34-32(37(25)48)24(30-15-27(42(8)9)35(46)20(4)51-30)14-23(36(34)47)26-17-50-21(5)40(52-22(6)44)41(26,7)43(10)11/h12-14,16,20-21,26-27,30,35,40,46-47H,15,17H2,1-11H3/b18-12-. The first-order chi connectivity index (χ1) is 24.8. The number of likely N-dealkylation sites (N-methyl/N-ethyl adjacent to an activating group) is 2. The van der Waals surface area contributed by atoms with Gasteiger partial charge >= 0.3 is 5.97 Å². The molecular weight excluding hydrogens is 680 g/mol. The van der Waals surface area contributed by atoms with Crippen LogP contribution in [0.1, 0.15) is 114 Å². The Labute approximate surface area is 309 Å². The molecule has 2 aromatic carbocycles. The van der Waals surface area contributed by atoms with Crippen molar-refractivity contribution in [2.75, 3.05) is 34.8 Å². The van der Waals surface area contributed by atoms with E-state index in [1.807, 2.05) is 51.8 Å². The number of fused-ring (bicyclic) bond motifs is 4. The molecule has 8 atom stereocenters. The van der Waals surface area contributed by atoms with Crippen LogP contribution in [-0.2, 0) is 19.0 Å². The summed E-state index contributed by atoms with van der Waals surface area (Å²) in [6.45, 7) is 12.2. The van der Waals surface area contributed by atoms with E-state index in [1.54, 1.807) is 39.8 Å². The van der Waals surface area contributed by atoms with Gasteiger partial charge in [-0.1, -0.05) is 6.08 Å². The number of aliphatic hydroxyl groups is 1. The van der Waals surface area contributed by atoms with E-state index in [9.17, 15) is 24.6 Å². The van der Waals surface area contributed by atoms with Crippen LogP contribution in [0.2, 0.25) is 0 Å². The van der Waals surface area contributed by atoms with Crippen molar-refractivity contribution in [2.24, 2.45) is 0 Å². The van der Waals surface area contributed by atoms with Gasteiger partial charge in [-0.15, -0.1) is 0 Å². The number of aryl methyl sites for hydroxylation is 1. The van der Waals surface area contributed by atoms with Crippen LogP contribution in [0.3, 0.4) is 0 Å². The first kappa shape index (κ1) is 38.5. The number of esters is 1. The zero-order valence-corrected chi connectivity index (χ0v) is 32.3. The third kappa shape index (κ3) is 6.04. The monoisotopic (exact) mass is 730 g/mol. The number of benzene rings is 2. The number of rotatable bonds is 6. The summed E-state index contributed by atoms with van der Waals surface area (Å²) in [5, 5.41) is 23.7. The van der Waals surface area contributed by atoms with Crippen LogP contribution in [0.4, 0.5) is 0 Å². The van der Waals surface area contributed by atoms with Crippen LogP contribution in [-0.4, -0.2) is 108 Å². The van der Waals surface area contributed by atoms with E-state index in [4.69, 9.17) is 18.6 Å². The normalized spacial score (nSPS) is 29.1. The van der Waals surface area contributed by atoms with Gasteiger partial charge in [-0.25, -0.2) is 0 Å². The molecule has 6 rings (SSSR count). The molecule has 0 amide bonds. The van der Waals surface area contributed by atoms with E-state index in [1.165, 1.54) is 19.1 Å². The molecule has 3 heterocycles. The largest absolute Gasteiger partial charge is 0.507 e. The summed E-state index contributed by atoms with van der Waals surface area (Å²) >= 11 is 0. The fourth-order valence-corrected chi connectivity index (χ4v) is 8.55. The number of nitrogens with zero attached hydrogens (tertiary/aromatic N) is 2. The van der Waals surface area contributed by atoms with Crippen LogP contribution < -0.4 is 5.43 Å². The fraction of sp³-hybridized carbons (Fsp3) is 0.512. The van der Waals surface area contributed by atoms with Gasteiger partial charge in [0.2, 0.25) is 5.78 Å². The number of carbonyl (C=O) groups is 3. The Bertz CT molecular complexity index is 2120. The van der Waals surface area contributed by atoms with Gasteiger partial charge in [-0.05, 0) is 105 Å². The Kier molecular flexibility index (Phi) is 10.1. The van der Waals surface area contributed by atoms with Crippen molar-refractivity contribution >= 4 is 34.1 Å². The van der Waals surface area contributed by atoms with Crippen molar-refractivity contribution in [2.45, 2.75) is 103 Å². The van der Waals surface area contributed by atoms with Crippen LogP contribution in [0, 0.1) is 6.92 Å². The summed E-state index contributed by atoms with van der Waals surface area (Å²) < 4.78 is 24.8. The Morgan fingerprint density at radius 2 is 1.66 bits per heavy atom. The zero-order valence-electron chi connectivity index (χ0n) is 32.3. The maximum atomic E-state index is 15.1. The Balaban J connectivity index is 1.68. The highest BCUT2D eigenvalue weighted by Gasteiger charge is 2.54. The highest BCUT2D eigenvalue weighted by atomic mass is 16.6. The Morgan fingerprint density at radius 1 is 0.981 bits per heavy atom. The predicted octanol–water partition coefficient (Wildman–Crippen LogP) is 4.90. The average Bonchev–Trinajstić information content (AvgIpc) is 3.09. The first-order valence-electron chi connectivity index (χ1n) is 18.0. The topological polar surface area (TPSA) is 156 Å². The van der Waals surface area contributed by atoms with Crippen molar-refractivity contribution in [3.05, 3.63) is 79.2 Å². The van der Waals surface area contributed by atoms with Gasteiger partial charge in [0.05, 0.1) is 53.1 Å². The third-order valence-corrected chi connectivity index (χ3v) is 11.9. The van der Waals surface area contributed by atoms with Crippen molar-refractivity contribution < 1.29 is 43.2 Å². The lowest BCUT2D eigenvalue weighted by molar-refractivity contribution is -0.189. The molecule has 2 saturated heterocycles. The molecule has 0 radical (unpaired) electrons. The maximum Gasteiger partial charge on any atom is 0.303 e. The molecule has 1 aromatic heterocycles. The van der Waals surface area contributed by atoms with E-state index < -0.39 is 65.3 Å². The second-order valence-corrected chi connectivity index (χ2v) is 15.4. The quantitative estimate of drug-likeness (QED) is 0.259. The molecule has 12 nitrogen and oxygen atoms in total. The molecular formula is C41H50N2O10. The molecule has 1 aliphatic carbocycles. The van der Waals surface area contributed by atoms with Crippen molar-refractivity contribution in [3.8, 4) is 5.75 Å². The summed E-state index contributed by atoms with van der Waals surface area (Å²) in [4.78, 5) is 59.8. The number of phenols is 1. The van der Waals surface area contributed by atoms with E-state index in [2.05, 4.69) is 0 Å². The predicted molar refractivity (Wildman–Crippen MR) is 199 cm³/mol. The molecule has 0 spiro atoms. The van der Waals surface area contributed by atoms with Gasteiger partial charge in [0, 0.05) is 41.6 Å². The zero-order chi connectivity index (χ0) is 39.0. The molecule has 3 aromatic rings. The highest BCUT2D eigenvalue weighted by molar-refractivity contribution is 6.33. The number of ketones is 2. The Hall–Kier alpha value is -4.20. The lowest BCUT2D eigenvalue weighted by atomic mass is 9.69. The second kappa shape index (κ2) is 13.9.